The van der Waals surface area contributed by atoms with Crippen LogP contribution < -0.4 is 9.80 Å². The number of rotatable bonds is 10. The molecule has 0 N–H and O–H groups in total. The smallest absolute Gasteiger partial charge is 0.159 e. The average Bonchev–Trinajstić information content (AvgIpc) is 3.75. The van der Waals surface area contributed by atoms with Gasteiger partial charge in [0.05, 0.1) is 11.4 Å². The topological polar surface area (TPSA) is 19.6 Å². The van der Waals surface area contributed by atoms with E-state index in [-0.39, 0.29) is 0 Å². The van der Waals surface area contributed by atoms with Crippen LogP contribution in [-0.4, -0.2) is 0 Å². The van der Waals surface area contributed by atoms with Crippen LogP contribution in [0.2, 0.25) is 0 Å². The first-order valence-corrected chi connectivity index (χ1v) is 21.4. The maximum Gasteiger partial charge on any atom is 0.159 e. The van der Waals surface area contributed by atoms with Crippen LogP contribution in [0.5, 0.6) is 0 Å². The van der Waals surface area contributed by atoms with E-state index in [1.54, 1.807) is 0 Å². The first kappa shape index (κ1) is 37.6. The molecule has 3 nitrogen and oxygen atoms in total. The van der Waals surface area contributed by atoms with E-state index in [1.807, 2.05) is 6.07 Å². The molecule has 0 saturated heterocycles. The first-order valence-electron chi connectivity index (χ1n) is 21.4. The highest BCUT2D eigenvalue weighted by Gasteiger charge is 2.23. The number of hydrogen-bond acceptors (Lipinski definition) is 3. The molecule has 0 aliphatic rings. The van der Waals surface area contributed by atoms with Crippen LogP contribution in [0.3, 0.4) is 0 Å². The van der Waals surface area contributed by atoms with Crippen molar-refractivity contribution in [1.82, 2.24) is 0 Å². The van der Waals surface area contributed by atoms with Crippen LogP contribution in [-0.2, 0) is 0 Å². The quantitative estimate of drug-likeness (QED) is 0.137. The number of para-hydroxylation sites is 3. The van der Waals surface area contributed by atoms with Crippen LogP contribution in [0.1, 0.15) is 0 Å². The molecule has 10 aromatic carbocycles. The normalized spacial score (nSPS) is 11.2. The third kappa shape index (κ3) is 7.32. The van der Waals surface area contributed by atoms with E-state index in [0.717, 1.165) is 89.4 Å². The molecule has 0 spiro atoms. The van der Waals surface area contributed by atoms with Crippen LogP contribution >= 0.6 is 0 Å². The van der Waals surface area contributed by atoms with Crippen molar-refractivity contribution in [3.8, 4) is 44.5 Å². The molecular weight excluding hydrogens is 765 g/mol. The summed E-state index contributed by atoms with van der Waals surface area (Å²) in [6.45, 7) is 0. The maximum absolute atomic E-state index is 6.75. The lowest BCUT2D eigenvalue weighted by molar-refractivity contribution is 0.669. The second-order valence-electron chi connectivity index (χ2n) is 15.7. The lowest BCUT2D eigenvalue weighted by Crippen LogP contribution is -2.12. The number of furan rings is 1. The third-order valence-corrected chi connectivity index (χ3v) is 11.8. The molecule has 0 unspecified atom stereocenters. The Kier molecular flexibility index (Phi) is 9.89. The van der Waals surface area contributed by atoms with Gasteiger partial charge in [0.1, 0.15) is 5.58 Å². The van der Waals surface area contributed by atoms with Gasteiger partial charge in [0.2, 0.25) is 0 Å². The average molecular weight is 807 g/mol. The molecule has 298 valence electrons. The van der Waals surface area contributed by atoms with Gasteiger partial charge in [0.25, 0.3) is 0 Å². The summed E-state index contributed by atoms with van der Waals surface area (Å²) in [5, 5.41) is 2.18. The Bertz CT molecular complexity index is 3270. The molecule has 11 rings (SSSR count). The van der Waals surface area contributed by atoms with Crippen LogP contribution in [0.15, 0.2) is 259 Å². The molecule has 63 heavy (non-hydrogen) atoms. The Morgan fingerprint density at radius 2 is 0.635 bits per heavy atom. The van der Waals surface area contributed by atoms with Gasteiger partial charge in [0, 0.05) is 39.1 Å². The number of hydrogen-bond donors (Lipinski definition) is 0. The molecule has 0 amide bonds. The van der Waals surface area contributed by atoms with Gasteiger partial charge in [-0.25, -0.2) is 0 Å². The molecule has 0 fully saturated rings. The zero-order valence-corrected chi connectivity index (χ0v) is 34.6. The fourth-order valence-electron chi connectivity index (χ4n) is 8.85. The predicted octanol–water partition coefficient (Wildman–Crippen LogP) is 17.2. The Morgan fingerprint density at radius 3 is 1.19 bits per heavy atom. The molecule has 1 aromatic heterocycles. The monoisotopic (exact) mass is 806 g/mol. The number of fused-ring (bicyclic) bond motifs is 3. The van der Waals surface area contributed by atoms with Crippen LogP contribution in [0, 0.1) is 0 Å². The van der Waals surface area contributed by atoms with Crippen molar-refractivity contribution >= 4 is 56.1 Å². The summed E-state index contributed by atoms with van der Waals surface area (Å²) in [6, 6.07) is 90.7. The standard InChI is InChI=1S/C60H42N2O/c1-4-19-43(20-5-1)46-25-14-29-50(39-46)61(51-30-15-26-47(40-51)44-21-6-2-7-22-44)52-31-17-28-49(42-52)54-33-10-12-36-57(54)62(53-32-16-27-48(41-53)45-23-8-3-9-24-45)58-37-18-35-56-55-34-11-13-38-59(55)63-60(56)58/h1-42H. The fraction of sp³-hybridized carbons (Fsp3) is 0. The van der Waals surface area contributed by atoms with Crippen LogP contribution in [0.4, 0.5) is 34.1 Å². The van der Waals surface area contributed by atoms with Crippen molar-refractivity contribution in [3.05, 3.63) is 255 Å². The van der Waals surface area contributed by atoms with Crippen LogP contribution in [0.25, 0.3) is 66.4 Å². The van der Waals surface area contributed by atoms with Gasteiger partial charge in [-0.05, 0) is 106 Å². The highest BCUT2D eigenvalue weighted by Crippen LogP contribution is 2.47. The molecule has 11 aromatic rings. The molecule has 0 aliphatic heterocycles. The molecule has 1 heterocycles. The van der Waals surface area contributed by atoms with Gasteiger partial charge in [-0.15, -0.1) is 0 Å². The van der Waals surface area contributed by atoms with Gasteiger partial charge in [-0.1, -0.05) is 188 Å². The summed E-state index contributed by atoms with van der Waals surface area (Å²) >= 11 is 0. The van der Waals surface area contributed by atoms with E-state index < -0.39 is 0 Å². The SMILES string of the molecule is c1ccc(-c2cccc(N(c3cccc(-c4ccccc4)c3)c3cccc(-c4ccccc4N(c4cccc(-c5ccccc5)c4)c4cccc5c4oc4ccccc45)c3)c2)cc1. The largest absolute Gasteiger partial charge is 0.454 e. The van der Waals surface area contributed by atoms with E-state index in [0.29, 0.717) is 0 Å². The summed E-state index contributed by atoms with van der Waals surface area (Å²) in [5.41, 5.74) is 17.1. The minimum Gasteiger partial charge on any atom is -0.454 e. The maximum atomic E-state index is 6.75. The number of benzene rings is 10. The van der Waals surface area contributed by atoms with E-state index in [2.05, 4.69) is 259 Å². The van der Waals surface area contributed by atoms with E-state index in [9.17, 15) is 0 Å². The van der Waals surface area contributed by atoms with E-state index >= 15 is 0 Å². The lowest BCUT2D eigenvalue weighted by Gasteiger charge is -2.29. The molecule has 3 heteroatoms. The second-order valence-corrected chi connectivity index (χ2v) is 15.7. The van der Waals surface area contributed by atoms with Gasteiger partial charge < -0.3 is 14.2 Å². The molecule has 0 radical (unpaired) electrons. The summed E-state index contributed by atoms with van der Waals surface area (Å²) < 4.78 is 6.75. The number of anilines is 6. The van der Waals surface area contributed by atoms with E-state index in [4.69, 9.17) is 4.42 Å². The predicted molar refractivity (Wildman–Crippen MR) is 265 cm³/mol. The zero-order chi connectivity index (χ0) is 42.0. The minimum atomic E-state index is 0.843. The second kappa shape index (κ2) is 16.6. The Hall–Kier alpha value is -8.40. The minimum absolute atomic E-state index is 0.843. The molecule has 0 bridgehead atoms. The first-order chi connectivity index (χ1) is 31.2. The highest BCUT2D eigenvalue weighted by molar-refractivity contribution is 6.11. The molecular formula is C60H42N2O. The summed E-state index contributed by atoms with van der Waals surface area (Å²) in [7, 11) is 0. The number of nitrogens with zero attached hydrogens (tertiary/aromatic N) is 2. The third-order valence-electron chi connectivity index (χ3n) is 11.8. The molecule has 0 atom stereocenters. The summed E-state index contributed by atoms with van der Waals surface area (Å²) in [4.78, 5) is 4.74. The zero-order valence-electron chi connectivity index (χ0n) is 34.6. The fourth-order valence-corrected chi connectivity index (χ4v) is 8.85. The Labute approximate surface area is 368 Å². The molecule has 0 aliphatic carbocycles. The van der Waals surface area contributed by atoms with Crippen molar-refractivity contribution in [3.63, 3.8) is 0 Å². The van der Waals surface area contributed by atoms with Gasteiger partial charge >= 0.3 is 0 Å². The van der Waals surface area contributed by atoms with Gasteiger partial charge in [-0.3, -0.25) is 0 Å². The lowest BCUT2D eigenvalue weighted by atomic mass is 9.99. The Morgan fingerprint density at radius 1 is 0.254 bits per heavy atom. The van der Waals surface area contributed by atoms with Crippen molar-refractivity contribution in [2.45, 2.75) is 0 Å². The van der Waals surface area contributed by atoms with Gasteiger partial charge in [0.15, 0.2) is 5.58 Å². The Balaban J connectivity index is 1.10. The van der Waals surface area contributed by atoms with Crippen molar-refractivity contribution in [1.29, 1.82) is 0 Å². The van der Waals surface area contributed by atoms with Crippen molar-refractivity contribution in [2.75, 3.05) is 9.80 Å². The van der Waals surface area contributed by atoms with Crippen molar-refractivity contribution in [2.24, 2.45) is 0 Å². The van der Waals surface area contributed by atoms with Gasteiger partial charge in [-0.2, -0.15) is 0 Å². The van der Waals surface area contributed by atoms with Crippen molar-refractivity contribution < 1.29 is 4.42 Å². The highest BCUT2D eigenvalue weighted by atomic mass is 16.3. The van der Waals surface area contributed by atoms with E-state index in [1.165, 1.54) is 11.1 Å². The summed E-state index contributed by atoms with van der Waals surface area (Å²) in [6.07, 6.45) is 0. The summed E-state index contributed by atoms with van der Waals surface area (Å²) in [5.74, 6) is 0. The molecule has 0 saturated carbocycles.